The molecule has 2 aromatic carbocycles. The van der Waals surface area contributed by atoms with Gasteiger partial charge < -0.3 is 4.98 Å². The van der Waals surface area contributed by atoms with Gasteiger partial charge in [-0.25, -0.2) is 18.2 Å². The van der Waals surface area contributed by atoms with E-state index >= 15 is 0 Å². The molecule has 2 heterocycles. The highest BCUT2D eigenvalue weighted by molar-refractivity contribution is 5.82. The van der Waals surface area contributed by atoms with Crippen LogP contribution in [0.2, 0.25) is 0 Å². The van der Waals surface area contributed by atoms with E-state index in [1.807, 2.05) is 6.07 Å². The maximum Gasteiger partial charge on any atom is 0.161 e. The lowest BCUT2D eigenvalue weighted by atomic mass is 9.77. The van der Waals surface area contributed by atoms with E-state index in [1.165, 1.54) is 11.6 Å². The second-order valence-corrected chi connectivity index (χ2v) is 7.95. The standard InChI is InChI=1S/C23H20F3N3/c24-15-5-6-20-17(10-15)16(7-8-27-20)14-3-1-13(2-4-14)9-23-28-21-11-18(25)19(26)12-22(21)29-23/h5-8,10-14H,1-4,9H2,(H,28,29)/t13-,14+. The second kappa shape index (κ2) is 7.17. The minimum absolute atomic E-state index is 0.238. The first-order chi connectivity index (χ1) is 14.1. The van der Waals surface area contributed by atoms with Crippen LogP contribution >= 0.6 is 0 Å². The molecule has 5 rings (SSSR count). The highest BCUT2D eigenvalue weighted by Gasteiger charge is 2.25. The Labute approximate surface area is 166 Å². The molecule has 1 aliphatic rings. The molecule has 0 spiro atoms. The summed E-state index contributed by atoms with van der Waals surface area (Å²) in [6.45, 7) is 0. The molecule has 0 amide bonds. The number of imidazole rings is 1. The number of pyridine rings is 1. The van der Waals surface area contributed by atoms with Gasteiger partial charge in [-0.05, 0) is 67.3 Å². The summed E-state index contributed by atoms with van der Waals surface area (Å²) in [6, 6.07) is 9.06. The Bertz CT molecular complexity index is 1150. The van der Waals surface area contributed by atoms with Crippen LogP contribution in [0.5, 0.6) is 0 Å². The Kier molecular flexibility index (Phi) is 4.49. The third-order valence-corrected chi connectivity index (χ3v) is 6.08. The number of hydrogen-bond acceptors (Lipinski definition) is 2. The van der Waals surface area contributed by atoms with Crippen LogP contribution < -0.4 is 0 Å². The van der Waals surface area contributed by atoms with Gasteiger partial charge in [-0.15, -0.1) is 0 Å². The van der Waals surface area contributed by atoms with E-state index in [-0.39, 0.29) is 5.82 Å². The Hall–Kier alpha value is -2.89. The van der Waals surface area contributed by atoms with Crippen molar-refractivity contribution in [2.75, 3.05) is 0 Å². The van der Waals surface area contributed by atoms with Gasteiger partial charge >= 0.3 is 0 Å². The number of nitrogens with one attached hydrogen (secondary N) is 1. The van der Waals surface area contributed by atoms with Gasteiger partial charge in [-0.2, -0.15) is 0 Å². The van der Waals surface area contributed by atoms with E-state index < -0.39 is 11.6 Å². The van der Waals surface area contributed by atoms with E-state index in [1.54, 1.807) is 18.3 Å². The van der Waals surface area contributed by atoms with E-state index in [0.717, 1.165) is 61.0 Å². The number of fused-ring (bicyclic) bond motifs is 2. The number of benzene rings is 2. The number of halogens is 3. The Morgan fingerprint density at radius 2 is 1.69 bits per heavy atom. The zero-order chi connectivity index (χ0) is 20.0. The van der Waals surface area contributed by atoms with Gasteiger partial charge in [0, 0.05) is 30.1 Å². The molecule has 29 heavy (non-hydrogen) atoms. The van der Waals surface area contributed by atoms with Crippen molar-refractivity contribution in [3.05, 3.63) is 71.4 Å². The van der Waals surface area contributed by atoms with Crippen LogP contribution in [0, 0.1) is 23.4 Å². The third kappa shape index (κ3) is 3.48. The SMILES string of the molecule is Fc1ccc2nccc([C@H]3CC[C@@H](Cc4nc5cc(F)c(F)cc5[nH]4)CC3)c2c1. The fourth-order valence-electron chi connectivity index (χ4n) is 4.60. The molecular formula is C23H20F3N3. The predicted octanol–water partition coefficient (Wildman–Crippen LogP) is 6.04. The van der Waals surface area contributed by atoms with Crippen LogP contribution in [0.4, 0.5) is 13.2 Å². The van der Waals surface area contributed by atoms with E-state index in [9.17, 15) is 13.2 Å². The monoisotopic (exact) mass is 395 g/mol. The van der Waals surface area contributed by atoms with E-state index in [0.29, 0.717) is 22.9 Å². The lowest BCUT2D eigenvalue weighted by molar-refractivity contribution is 0.322. The van der Waals surface area contributed by atoms with Crippen LogP contribution in [0.3, 0.4) is 0 Å². The molecule has 0 aliphatic heterocycles. The molecule has 1 aliphatic carbocycles. The number of hydrogen-bond donors (Lipinski definition) is 1. The normalized spacial score (nSPS) is 19.8. The van der Waals surface area contributed by atoms with Crippen LogP contribution in [0.1, 0.15) is 43.0 Å². The second-order valence-electron chi connectivity index (χ2n) is 7.95. The third-order valence-electron chi connectivity index (χ3n) is 6.08. The molecule has 148 valence electrons. The fourth-order valence-corrected chi connectivity index (χ4v) is 4.60. The topological polar surface area (TPSA) is 41.6 Å². The zero-order valence-electron chi connectivity index (χ0n) is 15.8. The highest BCUT2D eigenvalue weighted by Crippen LogP contribution is 2.39. The minimum atomic E-state index is -0.878. The lowest BCUT2D eigenvalue weighted by Gasteiger charge is -2.29. The molecule has 0 atom stereocenters. The van der Waals surface area contributed by atoms with Gasteiger partial charge in [0.2, 0.25) is 0 Å². The summed E-state index contributed by atoms with van der Waals surface area (Å²) < 4.78 is 40.5. The van der Waals surface area contributed by atoms with Gasteiger partial charge in [0.25, 0.3) is 0 Å². The Morgan fingerprint density at radius 1 is 0.897 bits per heavy atom. The first-order valence-electron chi connectivity index (χ1n) is 9.94. The number of nitrogens with zero attached hydrogens (tertiary/aromatic N) is 2. The summed E-state index contributed by atoms with van der Waals surface area (Å²) in [5.74, 6) is -0.363. The summed E-state index contributed by atoms with van der Waals surface area (Å²) in [6.07, 6.45) is 6.66. The molecule has 0 bridgehead atoms. The Balaban J connectivity index is 1.30. The molecule has 0 unspecified atom stereocenters. The van der Waals surface area contributed by atoms with Crippen molar-refractivity contribution in [1.82, 2.24) is 15.0 Å². The van der Waals surface area contributed by atoms with Crippen molar-refractivity contribution in [1.29, 1.82) is 0 Å². The lowest BCUT2D eigenvalue weighted by Crippen LogP contribution is -2.16. The number of rotatable bonds is 3. The van der Waals surface area contributed by atoms with Crippen LogP contribution in [0.25, 0.3) is 21.9 Å². The Morgan fingerprint density at radius 3 is 2.52 bits per heavy atom. The van der Waals surface area contributed by atoms with E-state index in [4.69, 9.17) is 0 Å². The maximum atomic E-state index is 13.7. The first-order valence-corrected chi connectivity index (χ1v) is 9.94. The van der Waals surface area contributed by atoms with Crippen molar-refractivity contribution < 1.29 is 13.2 Å². The number of aromatic nitrogens is 3. The van der Waals surface area contributed by atoms with E-state index in [2.05, 4.69) is 15.0 Å². The van der Waals surface area contributed by atoms with Crippen LogP contribution in [-0.4, -0.2) is 15.0 Å². The van der Waals surface area contributed by atoms with Gasteiger partial charge in [-0.1, -0.05) is 0 Å². The van der Waals surface area contributed by atoms with Crippen LogP contribution in [0.15, 0.2) is 42.6 Å². The highest BCUT2D eigenvalue weighted by atomic mass is 19.2. The first kappa shape index (κ1) is 18.2. The van der Waals surface area contributed by atoms with Crippen molar-refractivity contribution in [3.8, 4) is 0 Å². The summed E-state index contributed by atoms with van der Waals surface area (Å²) in [5.41, 5.74) is 2.98. The summed E-state index contributed by atoms with van der Waals surface area (Å²) in [4.78, 5) is 11.9. The molecule has 4 aromatic rings. The molecular weight excluding hydrogens is 375 g/mol. The van der Waals surface area contributed by atoms with Gasteiger partial charge in [0.1, 0.15) is 11.6 Å². The summed E-state index contributed by atoms with van der Waals surface area (Å²) >= 11 is 0. The molecule has 2 aromatic heterocycles. The average Bonchev–Trinajstić information content (AvgIpc) is 3.09. The molecule has 1 N–H and O–H groups in total. The number of aromatic amines is 1. The minimum Gasteiger partial charge on any atom is -0.342 e. The molecule has 0 saturated heterocycles. The average molecular weight is 395 g/mol. The van der Waals surface area contributed by atoms with Crippen molar-refractivity contribution in [2.45, 2.75) is 38.0 Å². The maximum absolute atomic E-state index is 13.7. The van der Waals surface area contributed by atoms with Crippen molar-refractivity contribution in [2.24, 2.45) is 5.92 Å². The van der Waals surface area contributed by atoms with Gasteiger partial charge in [0.05, 0.1) is 16.6 Å². The van der Waals surface area contributed by atoms with Gasteiger partial charge in [-0.3, -0.25) is 4.98 Å². The van der Waals surface area contributed by atoms with Crippen LogP contribution in [-0.2, 0) is 6.42 Å². The molecule has 0 radical (unpaired) electrons. The summed E-state index contributed by atoms with van der Waals surface area (Å²) in [7, 11) is 0. The molecule has 1 fully saturated rings. The largest absolute Gasteiger partial charge is 0.342 e. The molecule has 1 saturated carbocycles. The van der Waals surface area contributed by atoms with Crippen molar-refractivity contribution >= 4 is 21.9 Å². The fraction of sp³-hybridized carbons (Fsp3) is 0.304. The summed E-state index contributed by atoms with van der Waals surface area (Å²) in [5, 5.41) is 0.900. The zero-order valence-corrected chi connectivity index (χ0v) is 15.8. The predicted molar refractivity (Wildman–Crippen MR) is 106 cm³/mol. The molecule has 6 heteroatoms. The molecule has 3 nitrogen and oxygen atoms in total. The van der Waals surface area contributed by atoms with Crippen molar-refractivity contribution in [3.63, 3.8) is 0 Å². The smallest absolute Gasteiger partial charge is 0.161 e. The number of H-pyrrole nitrogens is 1. The quantitative estimate of drug-likeness (QED) is 0.459. The van der Waals surface area contributed by atoms with Gasteiger partial charge in [0.15, 0.2) is 11.6 Å².